The van der Waals surface area contributed by atoms with E-state index in [1.807, 2.05) is 37.3 Å². The van der Waals surface area contributed by atoms with Crippen molar-refractivity contribution in [2.45, 2.75) is 13.0 Å². The molecule has 0 aliphatic rings. The third-order valence-electron chi connectivity index (χ3n) is 3.88. The van der Waals surface area contributed by atoms with Gasteiger partial charge >= 0.3 is 0 Å². The maximum atomic E-state index is 13.8. The molecule has 0 fully saturated rings. The van der Waals surface area contributed by atoms with Crippen LogP contribution in [0.5, 0.6) is 0 Å². The first-order valence-corrected chi connectivity index (χ1v) is 8.06. The van der Waals surface area contributed by atoms with Crippen molar-refractivity contribution >= 4 is 17.3 Å². The summed E-state index contributed by atoms with van der Waals surface area (Å²) in [6.45, 7) is 1.87. The number of anilines is 2. The lowest BCUT2D eigenvalue weighted by Gasteiger charge is -2.15. The van der Waals surface area contributed by atoms with Gasteiger partial charge in [-0.1, -0.05) is 36.4 Å². The average Bonchev–Trinajstić information content (AvgIpc) is 2.66. The second-order valence-corrected chi connectivity index (χ2v) is 5.79. The van der Waals surface area contributed by atoms with Gasteiger partial charge in [0.05, 0.1) is 23.5 Å². The lowest BCUT2D eigenvalue weighted by Crippen LogP contribution is -2.26. The number of rotatable bonds is 5. The number of carbonyl (C=O) groups excluding carboxylic acids is 1. The molecule has 1 unspecified atom stereocenters. The molecule has 1 amide bonds. The van der Waals surface area contributed by atoms with Crippen molar-refractivity contribution in [3.8, 4) is 0 Å². The molecule has 6 heteroatoms. The maximum Gasteiger partial charge on any atom is 0.253 e. The topological polar surface area (TPSA) is 54.0 Å². The molecule has 3 aromatic rings. The van der Waals surface area contributed by atoms with Crippen molar-refractivity contribution in [3.63, 3.8) is 0 Å². The van der Waals surface area contributed by atoms with Gasteiger partial charge in [0.2, 0.25) is 0 Å². The molecule has 0 saturated carbocycles. The molecular formula is C20H17F2N3O. The summed E-state index contributed by atoms with van der Waals surface area (Å²) in [4.78, 5) is 16.4. The van der Waals surface area contributed by atoms with Crippen molar-refractivity contribution in [2.24, 2.45) is 0 Å². The number of halogens is 2. The highest BCUT2D eigenvalue weighted by atomic mass is 19.1. The molecule has 1 atom stereocenters. The van der Waals surface area contributed by atoms with Crippen LogP contribution in [0.15, 0.2) is 67.0 Å². The zero-order valence-electron chi connectivity index (χ0n) is 14.0. The Morgan fingerprint density at radius 1 is 1.00 bits per heavy atom. The van der Waals surface area contributed by atoms with E-state index in [-0.39, 0.29) is 23.2 Å². The molecule has 2 N–H and O–H groups in total. The Kier molecular flexibility index (Phi) is 5.22. The molecule has 132 valence electrons. The number of hydrogen-bond acceptors (Lipinski definition) is 3. The zero-order valence-corrected chi connectivity index (χ0v) is 14.0. The highest BCUT2D eigenvalue weighted by Gasteiger charge is 2.13. The molecule has 1 heterocycles. The predicted octanol–water partition coefficient (Wildman–Crippen LogP) is 4.59. The molecule has 0 bridgehead atoms. The van der Waals surface area contributed by atoms with E-state index >= 15 is 0 Å². The number of aromatic nitrogens is 1. The van der Waals surface area contributed by atoms with E-state index in [1.54, 1.807) is 0 Å². The molecule has 26 heavy (non-hydrogen) atoms. The van der Waals surface area contributed by atoms with Crippen molar-refractivity contribution in [1.29, 1.82) is 0 Å². The van der Waals surface area contributed by atoms with Crippen LogP contribution < -0.4 is 10.6 Å². The Bertz CT molecular complexity index is 896. The normalized spacial score (nSPS) is 11.7. The highest BCUT2D eigenvalue weighted by molar-refractivity contribution is 5.95. The second kappa shape index (κ2) is 7.74. The Balaban J connectivity index is 1.75. The molecule has 0 aliphatic carbocycles. The van der Waals surface area contributed by atoms with Crippen LogP contribution in [0.4, 0.5) is 20.2 Å². The van der Waals surface area contributed by atoms with Crippen LogP contribution >= 0.6 is 0 Å². The minimum absolute atomic E-state index is 0.190. The maximum absolute atomic E-state index is 13.8. The van der Waals surface area contributed by atoms with E-state index in [2.05, 4.69) is 15.6 Å². The van der Waals surface area contributed by atoms with Gasteiger partial charge in [-0.3, -0.25) is 9.78 Å². The number of nitrogens with zero attached hydrogens (tertiary/aromatic N) is 1. The summed E-state index contributed by atoms with van der Waals surface area (Å²) < 4.78 is 27.5. The van der Waals surface area contributed by atoms with E-state index < -0.39 is 11.6 Å². The predicted molar refractivity (Wildman–Crippen MR) is 96.2 cm³/mol. The first-order valence-electron chi connectivity index (χ1n) is 8.06. The SMILES string of the molecule is CC(NC(=O)c1cncc(Nc2c(F)cccc2F)c1)c1ccccc1. The fraction of sp³-hybridized carbons (Fsp3) is 0.100. The summed E-state index contributed by atoms with van der Waals surface area (Å²) >= 11 is 0. The third-order valence-corrected chi connectivity index (χ3v) is 3.88. The lowest BCUT2D eigenvalue weighted by atomic mass is 10.1. The molecule has 0 saturated heterocycles. The Morgan fingerprint density at radius 3 is 2.38 bits per heavy atom. The summed E-state index contributed by atoms with van der Waals surface area (Å²) in [6.07, 6.45) is 2.79. The molecule has 3 rings (SSSR count). The molecular weight excluding hydrogens is 336 g/mol. The Hall–Kier alpha value is -3.28. The molecule has 1 aromatic heterocycles. The fourth-order valence-corrected chi connectivity index (χ4v) is 2.50. The highest BCUT2D eigenvalue weighted by Crippen LogP contribution is 2.23. The van der Waals surface area contributed by atoms with Gasteiger partial charge in [-0.15, -0.1) is 0 Å². The molecule has 0 aliphatic heterocycles. The van der Waals surface area contributed by atoms with Crippen LogP contribution in [0.1, 0.15) is 28.9 Å². The Labute approximate surface area is 149 Å². The zero-order chi connectivity index (χ0) is 18.5. The second-order valence-electron chi connectivity index (χ2n) is 5.79. The summed E-state index contributed by atoms with van der Waals surface area (Å²) in [5, 5.41) is 5.50. The number of pyridine rings is 1. The summed E-state index contributed by atoms with van der Waals surface area (Å²) in [7, 11) is 0. The van der Waals surface area contributed by atoms with Gasteiger partial charge in [-0.2, -0.15) is 0 Å². The van der Waals surface area contributed by atoms with Gasteiger partial charge in [0.1, 0.15) is 17.3 Å². The average molecular weight is 353 g/mol. The monoisotopic (exact) mass is 353 g/mol. The van der Waals surface area contributed by atoms with Gasteiger partial charge in [-0.05, 0) is 30.7 Å². The van der Waals surface area contributed by atoms with Crippen molar-refractivity contribution in [1.82, 2.24) is 10.3 Å². The number of amides is 1. The molecule has 4 nitrogen and oxygen atoms in total. The van der Waals surface area contributed by atoms with Crippen LogP contribution in [-0.2, 0) is 0 Å². The van der Waals surface area contributed by atoms with Crippen molar-refractivity contribution < 1.29 is 13.6 Å². The summed E-state index contributed by atoms with van der Waals surface area (Å²) in [6, 6.07) is 14.4. The Morgan fingerprint density at radius 2 is 1.69 bits per heavy atom. The number of para-hydroxylation sites is 1. The van der Waals surface area contributed by atoms with Crippen LogP contribution in [0.3, 0.4) is 0 Å². The van der Waals surface area contributed by atoms with Gasteiger partial charge in [0, 0.05) is 6.20 Å². The number of benzene rings is 2. The first-order chi connectivity index (χ1) is 12.5. The van der Waals surface area contributed by atoms with Gasteiger partial charge in [0.25, 0.3) is 5.91 Å². The summed E-state index contributed by atoms with van der Waals surface area (Å²) in [5.41, 5.74) is 1.28. The molecule has 2 aromatic carbocycles. The van der Waals surface area contributed by atoms with E-state index in [9.17, 15) is 13.6 Å². The lowest BCUT2D eigenvalue weighted by molar-refractivity contribution is 0.0939. The van der Waals surface area contributed by atoms with Gasteiger partial charge in [-0.25, -0.2) is 8.78 Å². The largest absolute Gasteiger partial charge is 0.349 e. The fourth-order valence-electron chi connectivity index (χ4n) is 2.50. The van der Waals surface area contributed by atoms with Crippen molar-refractivity contribution in [2.75, 3.05) is 5.32 Å². The quantitative estimate of drug-likeness (QED) is 0.705. The summed E-state index contributed by atoms with van der Waals surface area (Å²) in [5.74, 6) is -1.78. The van der Waals surface area contributed by atoms with Gasteiger partial charge in [0.15, 0.2) is 0 Å². The van der Waals surface area contributed by atoms with E-state index in [0.29, 0.717) is 5.69 Å². The van der Waals surface area contributed by atoms with E-state index in [4.69, 9.17) is 0 Å². The van der Waals surface area contributed by atoms with Crippen LogP contribution in [0.2, 0.25) is 0 Å². The molecule has 0 radical (unpaired) electrons. The third kappa shape index (κ3) is 4.03. The van der Waals surface area contributed by atoms with Crippen LogP contribution in [0, 0.1) is 11.6 Å². The standard InChI is InChI=1S/C20H17F2N3O/c1-13(14-6-3-2-4-7-14)24-20(26)15-10-16(12-23-11-15)25-19-17(21)8-5-9-18(19)22/h2-13,25H,1H3,(H,24,26). The number of carbonyl (C=O) groups is 1. The van der Waals surface area contributed by atoms with Crippen LogP contribution in [-0.4, -0.2) is 10.9 Å². The number of hydrogen-bond donors (Lipinski definition) is 2. The smallest absolute Gasteiger partial charge is 0.253 e. The van der Waals surface area contributed by atoms with Crippen molar-refractivity contribution in [3.05, 3.63) is 89.8 Å². The first kappa shape index (κ1) is 17.5. The molecule has 0 spiro atoms. The van der Waals surface area contributed by atoms with E-state index in [1.165, 1.54) is 24.5 Å². The van der Waals surface area contributed by atoms with Crippen LogP contribution in [0.25, 0.3) is 0 Å². The minimum atomic E-state index is -0.724. The van der Waals surface area contributed by atoms with E-state index in [0.717, 1.165) is 17.7 Å². The van der Waals surface area contributed by atoms with Gasteiger partial charge < -0.3 is 10.6 Å². The number of nitrogens with one attached hydrogen (secondary N) is 2. The minimum Gasteiger partial charge on any atom is -0.349 e.